The molecule has 0 aliphatic rings. The lowest BCUT2D eigenvalue weighted by molar-refractivity contribution is 0.861. The predicted octanol–water partition coefficient (Wildman–Crippen LogP) is 3.10. The molecule has 0 atom stereocenters. The minimum absolute atomic E-state index is 0.164. The summed E-state index contributed by atoms with van der Waals surface area (Å²) in [4.78, 5) is 27.9. The highest BCUT2D eigenvalue weighted by Gasteiger charge is 2.10. The fourth-order valence-electron chi connectivity index (χ4n) is 2.16. The SMILES string of the molecule is CCCc1nc(-c2ccc3nccnc3c2)[nH]c(=O)c1Br. The first-order valence-electron chi connectivity index (χ1n) is 6.69. The number of aromatic amines is 1. The summed E-state index contributed by atoms with van der Waals surface area (Å²) in [7, 11) is 0. The van der Waals surface area contributed by atoms with Gasteiger partial charge in [0.15, 0.2) is 0 Å². The molecule has 1 aromatic carbocycles. The molecule has 0 amide bonds. The van der Waals surface area contributed by atoms with Crippen LogP contribution in [0.15, 0.2) is 39.9 Å². The van der Waals surface area contributed by atoms with Crippen LogP contribution in [0.5, 0.6) is 0 Å². The highest BCUT2D eigenvalue weighted by Crippen LogP contribution is 2.21. The number of aromatic nitrogens is 4. The number of aryl methyl sites for hydroxylation is 1. The Hall–Kier alpha value is -2.08. The predicted molar refractivity (Wildman–Crippen MR) is 85.1 cm³/mol. The molecule has 0 bridgehead atoms. The average Bonchev–Trinajstić information content (AvgIpc) is 2.51. The van der Waals surface area contributed by atoms with Crippen LogP contribution in [0.25, 0.3) is 22.4 Å². The monoisotopic (exact) mass is 344 g/mol. The molecule has 3 aromatic rings. The van der Waals surface area contributed by atoms with Gasteiger partial charge < -0.3 is 4.98 Å². The topological polar surface area (TPSA) is 71.5 Å². The van der Waals surface area contributed by atoms with E-state index >= 15 is 0 Å². The molecule has 0 radical (unpaired) electrons. The number of nitrogens with one attached hydrogen (secondary N) is 1. The number of hydrogen-bond acceptors (Lipinski definition) is 4. The van der Waals surface area contributed by atoms with E-state index < -0.39 is 0 Å². The minimum Gasteiger partial charge on any atom is -0.306 e. The van der Waals surface area contributed by atoms with Gasteiger partial charge in [0.25, 0.3) is 5.56 Å². The Bertz CT molecular complexity index is 860. The Kier molecular flexibility index (Phi) is 3.79. The molecule has 0 saturated carbocycles. The van der Waals surface area contributed by atoms with Crippen LogP contribution in [-0.4, -0.2) is 19.9 Å². The third-order valence-corrected chi connectivity index (χ3v) is 3.98. The smallest absolute Gasteiger partial charge is 0.265 e. The Morgan fingerprint density at radius 1 is 1.19 bits per heavy atom. The largest absolute Gasteiger partial charge is 0.306 e. The van der Waals surface area contributed by atoms with Crippen LogP contribution >= 0.6 is 15.9 Å². The standard InChI is InChI=1S/C15H13BrN4O/c1-2-3-11-13(16)15(21)20-14(19-11)9-4-5-10-12(8-9)18-7-6-17-10/h4-8H,2-3H2,1H3,(H,19,20,21). The Morgan fingerprint density at radius 2 is 1.95 bits per heavy atom. The van der Waals surface area contributed by atoms with Gasteiger partial charge in [-0.3, -0.25) is 14.8 Å². The summed E-state index contributed by atoms with van der Waals surface area (Å²) in [5, 5.41) is 0. The molecule has 5 nitrogen and oxygen atoms in total. The van der Waals surface area contributed by atoms with Gasteiger partial charge >= 0.3 is 0 Å². The molecule has 0 aliphatic heterocycles. The molecule has 0 spiro atoms. The van der Waals surface area contributed by atoms with Crippen LogP contribution < -0.4 is 5.56 Å². The Morgan fingerprint density at radius 3 is 2.71 bits per heavy atom. The molecule has 0 aliphatic carbocycles. The van der Waals surface area contributed by atoms with E-state index in [0.717, 1.165) is 35.1 Å². The van der Waals surface area contributed by atoms with Gasteiger partial charge in [0.05, 0.1) is 16.7 Å². The van der Waals surface area contributed by atoms with Gasteiger partial charge in [-0.1, -0.05) is 13.3 Å². The van der Waals surface area contributed by atoms with Crippen molar-refractivity contribution < 1.29 is 0 Å². The summed E-state index contributed by atoms with van der Waals surface area (Å²) in [5.74, 6) is 0.555. The zero-order valence-electron chi connectivity index (χ0n) is 11.4. The van der Waals surface area contributed by atoms with Gasteiger partial charge in [-0.2, -0.15) is 0 Å². The normalized spacial score (nSPS) is 11.0. The molecule has 2 heterocycles. The van der Waals surface area contributed by atoms with Crippen molar-refractivity contribution in [3.63, 3.8) is 0 Å². The summed E-state index contributed by atoms with van der Waals surface area (Å²) >= 11 is 3.30. The third-order valence-electron chi connectivity index (χ3n) is 3.16. The van der Waals surface area contributed by atoms with Crippen molar-refractivity contribution in [3.05, 3.63) is 51.1 Å². The number of H-pyrrole nitrogens is 1. The second-order valence-electron chi connectivity index (χ2n) is 4.69. The fraction of sp³-hybridized carbons (Fsp3) is 0.200. The van der Waals surface area contributed by atoms with E-state index in [4.69, 9.17) is 0 Å². The number of fused-ring (bicyclic) bond motifs is 1. The number of rotatable bonds is 3. The van der Waals surface area contributed by atoms with E-state index in [1.54, 1.807) is 12.4 Å². The second-order valence-corrected chi connectivity index (χ2v) is 5.48. The molecular formula is C15H13BrN4O. The summed E-state index contributed by atoms with van der Waals surface area (Å²) in [6.07, 6.45) is 4.98. The first kappa shape index (κ1) is 13.9. The molecule has 1 N–H and O–H groups in total. The van der Waals surface area contributed by atoms with Crippen LogP contribution in [0, 0.1) is 0 Å². The Labute approximate surface area is 129 Å². The molecule has 0 saturated heterocycles. The average molecular weight is 345 g/mol. The maximum Gasteiger partial charge on any atom is 0.265 e. The van der Waals surface area contributed by atoms with Crippen molar-refractivity contribution in [2.45, 2.75) is 19.8 Å². The highest BCUT2D eigenvalue weighted by atomic mass is 79.9. The van der Waals surface area contributed by atoms with E-state index in [0.29, 0.717) is 10.3 Å². The lowest BCUT2D eigenvalue weighted by Crippen LogP contribution is -2.13. The molecule has 21 heavy (non-hydrogen) atoms. The molecule has 106 valence electrons. The van der Waals surface area contributed by atoms with Crippen LogP contribution in [-0.2, 0) is 6.42 Å². The number of halogens is 1. The highest BCUT2D eigenvalue weighted by molar-refractivity contribution is 9.10. The number of nitrogens with zero attached hydrogens (tertiary/aromatic N) is 3. The second kappa shape index (κ2) is 5.73. The van der Waals surface area contributed by atoms with Crippen LogP contribution in [0.2, 0.25) is 0 Å². The lowest BCUT2D eigenvalue weighted by Gasteiger charge is -2.06. The third kappa shape index (κ3) is 2.71. The quantitative estimate of drug-likeness (QED) is 0.792. The van der Waals surface area contributed by atoms with Crippen LogP contribution in [0.3, 0.4) is 0 Å². The molecule has 2 aromatic heterocycles. The van der Waals surface area contributed by atoms with Gasteiger partial charge in [0.1, 0.15) is 10.3 Å². The first-order chi connectivity index (χ1) is 10.2. The first-order valence-corrected chi connectivity index (χ1v) is 7.48. The van der Waals surface area contributed by atoms with Gasteiger partial charge in [-0.25, -0.2) is 4.98 Å². The molecule has 6 heteroatoms. The summed E-state index contributed by atoms with van der Waals surface area (Å²) < 4.78 is 0.508. The van der Waals surface area contributed by atoms with E-state index in [1.165, 1.54) is 0 Å². The zero-order valence-corrected chi connectivity index (χ0v) is 13.0. The summed E-state index contributed by atoms with van der Waals surface area (Å²) in [5.41, 5.74) is 3.02. The summed E-state index contributed by atoms with van der Waals surface area (Å²) in [6, 6.07) is 5.64. The Balaban J connectivity index is 2.15. The minimum atomic E-state index is -0.164. The maximum atomic E-state index is 12.0. The van der Waals surface area contributed by atoms with Crippen molar-refractivity contribution in [1.29, 1.82) is 0 Å². The van der Waals surface area contributed by atoms with Crippen molar-refractivity contribution >= 4 is 27.0 Å². The number of benzene rings is 1. The molecule has 3 rings (SSSR count). The van der Waals surface area contributed by atoms with E-state index in [1.807, 2.05) is 18.2 Å². The molecule has 0 fully saturated rings. The van der Waals surface area contributed by atoms with Crippen molar-refractivity contribution in [1.82, 2.24) is 19.9 Å². The molecular weight excluding hydrogens is 332 g/mol. The van der Waals surface area contributed by atoms with Gasteiger partial charge in [-0.15, -0.1) is 0 Å². The fourth-order valence-corrected chi connectivity index (χ4v) is 2.54. The lowest BCUT2D eigenvalue weighted by atomic mass is 10.1. The van der Waals surface area contributed by atoms with Crippen LogP contribution in [0.1, 0.15) is 19.0 Å². The van der Waals surface area contributed by atoms with Gasteiger partial charge in [-0.05, 0) is 40.5 Å². The van der Waals surface area contributed by atoms with Crippen molar-refractivity contribution in [3.8, 4) is 11.4 Å². The van der Waals surface area contributed by atoms with Crippen molar-refractivity contribution in [2.24, 2.45) is 0 Å². The zero-order chi connectivity index (χ0) is 14.8. The van der Waals surface area contributed by atoms with Gasteiger partial charge in [0, 0.05) is 18.0 Å². The molecule has 0 unspecified atom stereocenters. The van der Waals surface area contributed by atoms with E-state index in [9.17, 15) is 4.79 Å². The number of hydrogen-bond donors (Lipinski definition) is 1. The van der Waals surface area contributed by atoms with Crippen molar-refractivity contribution in [2.75, 3.05) is 0 Å². The summed E-state index contributed by atoms with van der Waals surface area (Å²) in [6.45, 7) is 2.06. The van der Waals surface area contributed by atoms with Gasteiger partial charge in [0.2, 0.25) is 0 Å². The van der Waals surface area contributed by atoms with Crippen LogP contribution in [0.4, 0.5) is 0 Å². The maximum absolute atomic E-state index is 12.0. The van der Waals surface area contributed by atoms with E-state index in [2.05, 4.69) is 42.8 Å². The van der Waals surface area contributed by atoms with E-state index in [-0.39, 0.29) is 5.56 Å².